The van der Waals surface area contributed by atoms with Crippen LogP contribution in [0.2, 0.25) is 0 Å². The van der Waals surface area contributed by atoms with Gasteiger partial charge in [0.05, 0.1) is 18.8 Å². The predicted octanol–water partition coefficient (Wildman–Crippen LogP) is 9.93. The Morgan fingerprint density at radius 2 is 0.826 bits per heavy atom. The molecule has 6 heteroatoms. The molecule has 0 saturated heterocycles. The van der Waals surface area contributed by atoms with Crippen LogP contribution in [0, 0.1) is 5.92 Å². The fourth-order valence-electron chi connectivity index (χ4n) is 6.47. The molecule has 0 aliphatic carbocycles. The topological polar surface area (TPSA) is 110 Å². The summed E-state index contributed by atoms with van der Waals surface area (Å²) in [7, 11) is 0. The highest BCUT2D eigenvalue weighted by Gasteiger charge is 2.28. The summed E-state index contributed by atoms with van der Waals surface area (Å²) in [6.45, 7) is 6.34. The number of rotatable bonds is 36. The van der Waals surface area contributed by atoms with Gasteiger partial charge in [0.15, 0.2) is 0 Å². The van der Waals surface area contributed by atoms with Crippen molar-refractivity contribution in [3.8, 4) is 0 Å². The van der Waals surface area contributed by atoms with Crippen molar-refractivity contribution in [1.29, 1.82) is 0 Å². The molecule has 0 aromatic carbocycles. The number of carbonyl (C=O) groups excluding carboxylic acids is 1. The molecule has 5 N–H and O–H groups in total. The second kappa shape index (κ2) is 34.2. The Morgan fingerprint density at radius 3 is 1.17 bits per heavy atom. The Kier molecular flexibility index (Phi) is 33.7. The summed E-state index contributed by atoms with van der Waals surface area (Å²) in [5.74, 6) is 0.208. The van der Waals surface area contributed by atoms with E-state index in [1.54, 1.807) is 0 Å². The zero-order valence-electron chi connectivity index (χ0n) is 31.0. The lowest BCUT2D eigenvalue weighted by Gasteiger charge is -2.27. The molecule has 4 atom stereocenters. The molecule has 0 aromatic rings. The number of unbranched alkanes of at least 4 members (excludes halogenated alkanes) is 25. The van der Waals surface area contributed by atoms with Crippen molar-refractivity contribution in [2.24, 2.45) is 5.92 Å². The van der Waals surface area contributed by atoms with Crippen LogP contribution < -0.4 is 5.32 Å². The molecule has 0 fully saturated rings. The summed E-state index contributed by atoms with van der Waals surface area (Å²) in [6, 6.07) is -0.979. The van der Waals surface area contributed by atoms with Gasteiger partial charge in [0.1, 0.15) is 12.2 Å². The van der Waals surface area contributed by atoms with Crippen molar-refractivity contribution < 1.29 is 25.2 Å². The molecule has 0 aliphatic rings. The van der Waals surface area contributed by atoms with Crippen molar-refractivity contribution in [3.63, 3.8) is 0 Å². The lowest BCUT2D eigenvalue weighted by atomic mass is 9.99. The van der Waals surface area contributed by atoms with Crippen LogP contribution in [0.3, 0.4) is 0 Å². The van der Waals surface area contributed by atoms with Gasteiger partial charge in [0.2, 0.25) is 5.91 Å². The number of hydrogen-bond acceptors (Lipinski definition) is 5. The molecule has 0 aromatic heterocycles. The maximum atomic E-state index is 12.5. The van der Waals surface area contributed by atoms with Gasteiger partial charge in [-0.2, -0.15) is 0 Å². The monoisotopic (exact) mass is 656 g/mol. The Balaban J connectivity index is 3.71. The quantitative estimate of drug-likeness (QED) is 0.0432. The van der Waals surface area contributed by atoms with Crippen molar-refractivity contribution in [2.75, 3.05) is 6.61 Å². The van der Waals surface area contributed by atoms with Crippen molar-refractivity contribution in [2.45, 2.75) is 238 Å². The van der Waals surface area contributed by atoms with E-state index in [0.29, 0.717) is 12.8 Å². The minimum atomic E-state index is -1.25. The van der Waals surface area contributed by atoms with Gasteiger partial charge in [-0.3, -0.25) is 4.79 Å². The van der Waals surface area contributed by atoms with E-state index in [4.69, 9.17) is 0 Å². The molecule has 0 bridgehead atoms. The standard InChI is InChI=1S/C40H81NO5/c1-4-5-6-7-8-9-10-11-12-13-14-15-16-17-18-19-24-27-30-33-38(44)40(46)41-36(34-42)39(45)37(43)32-29-26-23-21-20-22-25-28-31-35(2)3/h35-39,42-45H,4-34H2,1-3H3,(H,41,46)/t36-,37+,38?,39-/m0/s1. The largest absolute Gasteiger partial charge is 0.394 e. The zero-order chi connectivity index (χ0) is 34.1. The van der Waals surface area contributed by atoms with E-state index in [1.165, 1.54) is 141 Å². The van der Waals surface area contributed by atoms with Gasteiger partial charge < -0.3 is 25.7 Å². The maximum Gasteiger partial charge on any atom is 0.249 e. The van der Waals surface area contributed by atoms with E-state index in [-0.39, 0.29) is 0 Å². The molecule has 0 heterocycles. The van der Waals surface area contributed by atoms with Gasteiger partial charge in [0.25, 0.3) is 0 Å². The van der Waals surface area contributed by atoms with E-state index >= 15 is 0 Å². The summed E-state index contributed by atoms with van der Waals surface area (Å²) in [5.41, 5.74) is 0. The zero-order valence-corrected chi connectivity index (χ0v) is 31.0. The molecule has 1 unspecified atom stereocenters. The maximum absolute atomic E-state index is 12.5. The van der Waals surface area contributed by atoms with E-state index < -0.39 is 36.9 Å². The Hall–Kier alpha value is -0.690. The van der Waals surface area contributed by atoms with Crippen molar-refractivity contribution >= 4 is 5.91 Å². The first-order chi connectivity index (χ1) is 22.3. The Labute approximate surface area is 286 Å². The average Bonchev–Trinajstić information content (AvgIpc) is 3.04. The highest BCUT2D eigenvalue weighted by atomic mass is 16.3. The van der Waals surface area contributed by atoms with Crippen LogP contribution in [-0.4, -0.2) is 57.3 Å². The molecule has 0 radical (unpaired) electrons. The van der Waals surface area contributed by atoms with Crippen LogP contribution in [0.15, 0.2) is 0 Å². The fraction of sp³-hybridized carbons (Fsp3) is 0.975. The van der Waals surface area contributed by atoms with Crippen LogP contribution in [-0.2, 0) is 4.79 Å². The van der Waals surface area contributed by atoms with E-state index in [2.05, 4.69) is 26.1 Å². The molecule has 0 spiro atoms. The Morgan fingerprint density at radius 1 is 0.500 bits per heavy atom. The highest BCUT2D eigenvalue weighted by Crippen LogP contribution is 2.17. The third-order valence-electron chi connectivity index (χ3n) is 9.75. The van der Waals surface area contributed by atoms with Crippen LogP contribution in [0.1, 0.15) is 213 Å². The highest BCUT2D eigenvalue weighted by molar-refractivity contribution is 5.80. The van der Waals surface area contributed by atoms with Gasteiger partial charge in [0, 0.05) is 0 Å². The van der Waals surface area contributed by atoms with Gasteiger partial charge >= 0.3 is 0 Å². The predicted molar refractivity (Wildman–Crippen MR) is 196 cm³/mol. The van der Waals surface area contributed by atoms with Crippen LogP contribution in [0.4, 0.5) is 0 Å². The number of aliphatic hydroxyl groups excluding tert-OH is 4. The van der Waals surface area contributed by atoms with E-state index in [0.717, 1.165) is 44.4 Å². The first kappa shape index (κ1) is 45.3. The van der Waals surface area contributed by atoms with Crippen molar-refractivity contribution in [3.05, 3.63) is 0 Å². The third kappa shape index (κ3) is 29.4. The van der Waals surface area contributed by atoms with Gasteiger partial charge in [-0.05, 0) is 18.8 Å². The van der Waals surface area contributed by atoms with Gasteiger partial charge in [-0.25, -0.2) is 0 Å². The summed E-state index contributed by atoms with van der Waals surface area (Å²) in [4.78, 5) is 12.5. The SMILES string of the molecule is CCCCCCCCCCCCCCCCCCCCCC(O)C(=O)N[C@@H](CO)[C@H](O)[C@H](O)CCCCCCCCCCC(C)C. The number of hydrogen-bond donors (Lipinski definition) is 5. The second-order valence-corrected chi connectivity index (χ2v) is 14.8. The smallest absolute Gasteiger partial charge is 0.249 e. The first-order valence-electron chi connectivity index (χ1n) is 20.3. The van der Waals surface area contributed by atoms with Crippen LogP contribution in [0.25, 0.3) is 0 Å². The molecule has 0 rings (SSSR count). The lowest BCUT2D eigenvalue weighted by Crippen LogP contribution is -2.53. The minimum Gasteiger partial charge on any atom is -0.394 e. The number of nitrogens with one attached hydrogen (secondary N) is 1. The summed E-state index contributed by atoms with van der Waals surface area (Å²) >= 11 is 0. The van der Waals surface area contributed by atoms with Crippen LogP contribution in [0.5, 0.6) is 0 Å². The fourth-order valence-corrected chi connectivity index (χ4v) is 6.47. The number of amides is 1. The molecule has 0 saturated carbocycles. The molecule has 0 aliphatic heterocycles. The van der Waals surface area contributed by atoms with Crippen molar-refractivity contribution in [1.82, 2.24) is 5.32 Å². The molecular formula is C40H81NO5. The second-order valence-electron chi connectivity index (χ2n) is 14.8. The van der Waals surface area contributed by atoms with Gasteiger partial charge in [-0.1, -0.05) is 201 Å². The molecule has 6 nitrogen and oxygen atoms in total. The summed E-state index contributed by atoms with van der Waals surface area (Å²) in [6.07, 6.45) is 32.8. The van der Waals surface area contributed by atoms with E-state index in [9.17, 15) is 25.2 Å². The summed E-state index contributed by atoms with van der Waals surface area (Å²) in [5, 5.41) is 43.5. The van der Waals surface area contributed by atoms with Gasteiger partial charge in [-0.15, -0.1) is 0 Å². The molecule has 276 valence electrons. The lowest BCUT2D eigenvalue weighted by molar-refractivity contribution is -0.132. The molecule has 46 heavy (non-hydrogen) atoms. The molecular weight excluding hydrogens is 574 g/mol. The average molecular weight is 656 g/mol. The molecule has 1 amide bonds. The Bertz CT molecular complexity index is 631. The minimum absolute atomic E-state index is 0.374. The summed E-state index contributed by atoms with van der Waals surface area (Å²) < 4.78 is 0. The number of carbonyl (C=O) groups is 1. The van der Waals surface area contributed by atoms with E-state index in [1.807, 2.05) is 0 Å². The first-order valence-corrected chi connectivity index (χ1v) is 20.3. The normalized spacial score (nSPS) is 14.4. The van der Waals surface area contributed by atoms with Crippen LogP contribution >= 0.6 is 0 Å². The third-order valence-corrected chi connectivity index (χ3v) is 9.75. The number of aliphatic hydroxyl groups is 4.